The molecule has 0 spiro atoms. The Balaban J connectivity index is 1.87. The zero-order chi connectivity index (χ0) is 15.0. The molecule has 3 rings (SSSR count). The number of carbonyl (C=O) groups excluding carboxylic acids is 2. The fourth-order valence-corrected chi connectivity index (χ4v) is 4.21. The van der Waals surface area contributed by atoms with E-state index in [1.54, 1.807) is 29.2 Å². The van der Waals surface area contributed by atoms with E-state index in [0.29, 0.717) is 24.2 Å². The van der Waals surface area contributed by atoms with Crippen molar-refractivity contribution in [3.8, 4) is 0 Å². The summed E-state index contributed by atoms with van der Waals surface area (Å²) in [6, 6.07) is 6.62. The van der Waals surface area contributed by atoms with Crippen LogP contribution >= 0.6 is 0 Å². The molecule has 1 aromatic rings. The lowest BCUT2D eigenvalue weighted by Crippen LogP contribution is -2.47. The van der Waals surface area contributed by atoms with Crippen molar-refractivity contribution in [2.75, 3.05) is 19.6 Å². The third kappa shape index (κ3) is 2.53. The van der Waals surface area contributed by atoms with E-state index >= 15 is 0 Å². The molecular formula is C14H16N2O4S. The molecule has 112 valence electrons. The number of rotatable bonds is 2. The highest BCUT2D eigenvalue weighted by molar-refractivity contribution is 7.89. The van der Waals surface area contributed by atoms with Gasteiger partial charge >= 0.3 is 0 Å². The number of hydrogen-bond donors (Lipinski definition) is 0. The van der Waals surface area contributed by atoms with Crippen LogP contribution in [0.5, 0.6) is 0 Å². The lowest BCUT2D eigenvalue weighted by Gasteiger charge is -2.29. The maximum absolute atomic E-state index is 12.4. The lowest BCUT2D eigenvalue weighted by molar-refractivity contribution is -0.130. The Morgan fingerprint density at radius 1 is 1.14 bits per heavy atom. The Morgan fingerprint density at radius 2 is 1.81 bits per heavy atom. The van der Waals surface area contributed by atoms with Gasteiger partial charge in [-0.3, -0.25) is 9.59 Å². The first kappa shape index (κ1) is 14.1. The number of benzene rings is 1. The first-order valence-electron chi connectivity index (χ1n) is 6.89. The van der Waals surface area contributed by atoms with E-state index in [1.165, 1.54) is 0 Å². The van der Waals surface area contributed by atoms with Gasteiger partial charge in [0.1, 0.15) is 6.54 Å². The smallest absolute Gasteiger partial charge is 0.268 e. The van der Waals surface area contributed by atoms with Crippen LogP contribution in [0, 0.1) is 0 Å². The molecule has 0 aliphatic carbocycles. The quantitative estimate of drug-likeness (QED) is 0.801. The van der Waals surface area contributed by atoms with Crippen LogP contribution in [0.1, 0.15) is 28.8 Å². The Bertz CT molecular complexity index is 693. The minimum absolute atomic E-state index is 0.234. The van der Waals surface area contributed by atoms with Crippen LogP contribution in [-0.2, 0) is 20.6 Å². The average Bonchev–Trinajstić information content (AvgIpc) is 2.97. The molecule has 0 atom stereocenters. The standard InChI is InChI=1S/C14H16N2O4S/c17-13(15-7-3-4-8-15)9-16-14(18)12-6-2-1-5-11(12)10-21(16,19)20/h1-2,5-6H,3-4,7-10H2. The Kier molecular flexibility index (Phi) is 3.44. The number of hydrogen-bond acceptors (Lipinski definition) is 4. The topological polar surface area (TPSA) is 74.8 Å². The molecule has 6 nitrogen and oxygen atoms in total. The maximum atomic E-state index is 12.4. The maximum Gasteiger partial charge on any atom is 0.268 e. The van der Waals surface area contributed by atoms with Crippen LogP contribution in [0.2, 0.25) is 0 Å². The number of likely N-dealkylation sites (tertiary alicyclic amines) is 1. The van der Waals surface area contributed by atoms with E-state index < -0.39 is 22.5 Å². The van der Waals surface area contributed by atoms with Crippen molar-refractivity contribution in [3.05, 3.63) is 35.4 Å². The summed E-state index contributed by atoms with van der Waals surface area (Å²) in [6.45, 7) is 0.879. The number of nitrogens with zero attached hydrogens (tertiary/aromatic N) is 2. The van der Waals surface area contributed by atoms with E-state index in [2.05, 4.69) is 0 Å². The summed E-state index contributed by atoms with van der Waals surface area (Å²) in [4.78, 5) is 26.1. The van der Waals surface area contributed by atoms with Gasteiger partial charge in [0.25, 0.3) is 5.91 Å². The third-order valence-corrected chi connectivity index (χ3v) is 5.53. The molecule has 1 aromatic carbocycles. The molecular weight excluding hydrogens is 292 g/mol. The zero-order valence-electron chi connectivity index (χ0n) is 11.5. The van der Waals surface area contributed by atoms with Crippen molar-refractivity contribution >= 4 is 21.8 Å². The molecule has 2 aliphatic rings. The van der Waals surface area contributed by atoms with E-state index in [9.17, 15) is 18.0 Å². The number of fused-ring (bicyclic) bond motifs is 1. The van der Waals surface area contributed by atoms with Crippen molar-refractivity contribution in [1.29, 1.82) is 0 Å². The highest BCUT2D eigenvalue weighted by atomic mass is 32.2. The van der Waals surface area contributed by atoms with Gasteiger partial charge in [0.15, 0.2) is 0 Å². The second kappa shape index (κ2) is 5.14. The van der Waals surface area contributed by atoms with Crippen molar-refractivity contribution in [1.82, 2.24) is 9.21 Å². The Morgan fingerprint density at radius 3 is 2.52 bits per heavy atom. The van der Waals surface area contributed by atoms with Gasteiger partial charge in [-0.05, 0) is 24.5 Å². The predicted molar refractivity (Wildman–Crippen MR) is 75.9 cm³/mol. The molecule has 0 saturated carbocycles. The summed E-state index contributed by atoms with van der Waals surface area (Å²) in [5.74, 6) is -1.14. The minimum atomic E-state index is -3.77. The van der Waals surface area contributed by atoms with Gasteiger partial charge < -0.3 is 4.90 Å². The van der Waals surface area contributed by atoms with E-state index in [-0.39, 0.29) is 11.7 Å². The van der Waals surface area contributed by atoms with E-state index in [4.69, 9.17) is 0 Å². The minimum Gasteiger partial charge on any atom is -0.341 e. The molecule has 0 N–H and O–H groups in total. The molecule has 0 radical (unpaired) electrons. The van der Waals surface area contributed by atoms with Gasteiger partial charge in [0.05, 0.1) is 5.75 Å². The fraction of sp³-hybridized carbons (Fsp3) is 0.429. The van der Waals surface area contributed by atoms with Crippen molar-refractivity contribution < 1.29 is 18.0 Å². The summed E-state index contributed by atoms with van der Waals surface area (Å²) in [5.41, 5.74) is 0.855. The molecule has 0 aromatic heterocycles. The SMILES string of the molecule is O=C(CN1C(=O)c2ccccc2CS1(=O)=O)N1CCCC1. The lowest BCUT2D eigenvalue weighted by atomic mass is 10.1. The van der Waals surface area contributed by atoms with Crippen LogP contribution in [0.3, 0.4) is 0 Å². The normalized spacial score (nSPS) is 20.5. The molecule has 1 saturated heterocycles. The first-order valence-corrected chi connectivity index (χ1v) is 8.50. The highest BCUT2D eigenvalue weighted by Crippen LogP contribution is 2.24. The molecule has 2 amide bonds. The Hall–Kier alpha value is -1.89. The van der Waals surface area contributed by atoms with Crippen molar-refractivity contribution in [3.63, 3.8) is 0 Å². The molecule has 0 unspecified atom stereocenters. The van der Waals surface area contributed by atoms with Gasteiger partial charge in [0.2, 0.25) is 15.9 Å². The molecule has 2 heterocycles. The van der Waals surface area contributed by atoms with Crippen LogP contribution in [-0.4, -0.2) is 49.1 Å². The van der Waals surface area contributed by atoms with Gasteiger partial charge in [-0.15, -0.1) is 0 Å². The Labute approximate surface area is 123 Å². The van der Waals surface area contributed by atoms with Gasteiger partial charge in [-0.2, -0.15) is 0 Å². The summed E-state index contributed by atoms with van der Waals surface area (Å²) >= 11 is 0. The zero-order valence-corrected chi connectivity index (χ0v) is 12.3. The van der Waals surface area contributed by atoms with Crippen molar-refractivity contribution in [2.24, 2.45) is 0 Å². The molecule has 7 heteroatoms. The number of carbonyl (C=O) groups is 2. The molecule has 1 fully saturated rings. The summed E-state index contributed by atoms with van der Waals surface area (Å²) in [7, 11) is -3.77. The number of amides is 2. The van der Waals surface area contributed by atoms with Crippen LogP contribution in [0.15, 0.2) is 24.3 Å². The van der Waals surface area contributed by atoms with Crippen LogP contribution in [0.25, 0.3) is 0 Å². The van der Waals surface area contributed by atoms with Gasteiger partial charge in [-0.1, -0.05) is 18.2 Å². The van der Waals surface area contributed by atoms with Gasteiger partial charge in [-0.25, -0.2) is 12.7 Å². The molecule has 21 heavy (non-hydrogen) atoms. The van der Waals surface area contributed by atoms with E-state index in [1.807, 2.05) is 0 Å². The molecule has 0 bridgehead atoms. The molecule has 2 aliphatic heterocycles. The third-order valence-electron chi connectivity index (χ3n) is 3.89. The van der Waals surface area contributed by atoms with Crippen molar-refractivity contribution in [2.45, 2.75) is 18.6 Å². The van der Waals surface area contributed by atoms with E-state index in [0.717, 1.165) is 17.1 Å². The second-order valence-corrected chi connectivity index (χ2v) is 7.21. The predicted octanol–water partition coefficient (Wildman–Crippen LogP) is 0.595. The number of sulfonamides is 1. The van der Waals surface area contributed by atoms with Crippen LogP contribution in [0.4, 0.5) is 0 Å². The van der Waals surface area contributed by atoms with Gasteiger partial charge in [0, 0.05) is 18.7 Å². The summed E-state index contributed by atoms with van der Waals surface area (Å²) in [6.07, 6.45) is 1.85. The summed E-state index contributed by atoms with van der Waals surface area (Å²) < 4.78 is 25.2. The highest BCUT2D eigenvalue weighted by Gasteiger charge is 2.37. The fourth-order valence-electron chi connectivity index (χ4n) is 2.75. The monoisotopic (exact) mass is 308 g/mol. The first-order chi connectivity index (χ1) is 9.99. The average molecular weight is 308 g/mol. The summed E-state index contributed by atoms with van der Waals surface area (Å²) in [5, 5.41) is 0. The second-order valence-electron chi connectivity index (χ2n) is 5.31. The van der Waals surface area contributed by atoms with Crippen LogP contribution < -0.4 is 0 Å². The largest absolute Gasteiger partial charge is 0.341 e.